The molecule has 0 spiro atoms. The first kappa shape index (κ1) is 18.5. The topological polar surface area (TPSA) is 135 Å². The number of rotatable bonds is 6. The minimum absolute atomic E-state index is 0.0868. The molecule has 0 saturated carbocycles. The first-order chi connectivity index (χ1) is 12.9. The first-order valence-electron chi connectivity index (χ1n) is 7.64. The Morgan fingerprint density at radius 1 is 1.15 bits per heavy atom. The van der Waals surface area contributed by atoms with E-state index in [0.29, 0.717) is 0 Å². The number of hydrogen-bond donors (Lipinski definition) is 1. The van der Waals surface area contributed by atoms with Gasteiger partial charge in [-0.2, -0.15) is 0 Å². The van der Waals surface area contributed by atoms with Crippen LogP contribution in [-0.4, -0.2) is 31.7 Å². The minimum Gasteiger partial charge on any atom is -0.496 e. The Morgan fingerprint density at radius 2 is 1.89 bits per heavy atom. The third-order valence-electron chi connectivity index (χ3n) is 3.53. The highest BCUT2D eigenvalue weighted by molar-refractivity contribution is 7.89. The van der Waals surface area contributed by atoms with Crippen LogP contribution in [0.2, 0.25) is 0 Å². The van der Waals surface area contributed by atoms with Gasteiger partial charge >= 0.3 is 5.97 Å². The minimum atomic E-state index is -3.98. The van der Waals surface area contributed by atoms with Crippen molar-refractivity contribution in [3.63, 3.8) is 0 Å². The molecule has 0 fully saturated rings. The van der Waals surface area contributed by atoms with Gasteiger partial charge in [-0.1, -0.05) is 18.2 Å². The molecule has 2 N–H and O–H groups in total. The highest BCUT2D eigenvalue weighted by Gasteiger charge is 2.19. The largest absolute Gasteiger partial charge is 0.496 e. The molecule has 1 heterocycles. The Morgan fingerprint density at radius 3 is 2.56 bits per heavy atom. The van der Waals surface area contributed by atoms with E-state index in [0.717, 1.165) is 11.6 Å². The summed E-state index contributed by atoms with van der Waals surface area (Å²) in [4.78, 5) is 12.1. The second-order valence-electron chi connectivity index (χ2n) is 5.35. The maximum atomic E-state index is 12.3. The van der Waals surface area contributed by atoms with E-state index in [1.165, 1.54) is 19.2 Å². The van der Waals surface area contributed by atoms with Crippen LogP contribution in [0.25, 0.3) is 11.5 Å². The Hall–Kier alpha value is -3.24. The molecule has 27 heavy (non-hydrogen) atoms. The molecule has 0 aliphatic rings. The molecule has 2 aromatic carbocycles. The molecule has 0 aliphatic heterocycles. The Bertz CT molecular complexity index is 1060. The molecule has 3 aromatic rings. The summed E-state index contributed by atoms with van der Waals surface area (Å²) in [7, 11) is -2.64. The molecule has 1 aromatic heterocycles. The number of primary sulfonamides is 1. The smallest absolute Gasteiger partial charge is 0.342 e. The zero-order valence-electron chi connectivity index (χ0n) is 14.2. The predicted octanol–water partition coefficient (Wildman–Crippen LogP) is 1.75. The summed E-state index contributed by atoms with van der Waals surface area (Å²) in [6.07, 6.45) is 0. The van der Waals surface area contributed by atoms with Crippen LogP contribution < -0.4 is 9.88 Å². The van der Waals surface area contributed by atoms with Gasteiger partial charge in [0.2, 0.25) is 15.9 Å². The number of carbonyl (C=O) groups excluding carboxylic acids is 1. The van der Waals surface area contributed by atoms with Crippen LogP contribution in [0.1, 0.15) is 16.2 Å². The molecule has 0 amide bonds. The molecule has 0 aliphatic carbocycles. The fourth-order valence-electron chi connectivity index (χ4n) is 2.24. The van der Waals surface area contributed by atoms with Crippen LogP contribution in [0.15, 0.2) is 57.8 Å². The second kappa shape index (κ2) is 7.56. The van der Waals surface area contributed by atoms with Gasteiger partial charge in [-0.3, -0.25) is 0 Å². The van der Waals surface area contributed by atoms with Gasteiger partial charge in [0.1, 0.15) is 11.3 Å². The number of aromatic nitrogens is 2. The van der Waals surface area contributed by atoms with E-state index in [1.807, 2.05) is 18.2 Å². The Balaban J connectivity index is 1.76. The van der Waals surface area contributed by atoms with Crippen LogP contribution in [-0.2, 0) is 21.4 Å². The van der Waals surface area contributed by atoms with Crippen molar-refractivity contribution in [2.75, 3.05) is 7.11 Å². The third-order valence-corrected chi connectivity index (χ3v) is 4.44. The fraction of sp³-hybridized carbons (Fsp3) is 0.118. The zero-order valence-corrected chi connectivity index (χ0v) is 15.0. The van der Waals surface area contributed by atoms with Gasteiger partial charge in [0, 0.05) is 5.56 Å². The van der Waals surface area contributed by atoms with E-state index in [4.69, 9.17) is 19.0 Å². The maximum absolute atomic E-state index is 12.3. The van der Waals surface area contributed by atoms with Gasteiger partial charge in [0.15, 0.2) is 6.61 Å². The average Bonchev–Trinajstić information content (AvgIpc) is 3.14. The van der Waals surface area contributed by atoms with Crippen LogP contribution in [0.3, 0.4) is 0 Å². The number of ether oxygens (including phenoxy) is 2. The predicted molar refractivity (Wildman–Crippen MR) is 93.2 cm³/mol. The zero-order chi connectivity index (χ0) is 19.4. The highest BCUT2D eigenvalue weighted by atomic mass is 32.2. The molecule has 3 rings (SSSR count). The SMILES string of the molecule is COc1ccc(S(N)(=O)=O)cc1C(=O)OCc1nnc(-c2ccccc2)o1. The van der Waals surface area contributed by atoms with Crippen molar-refractivity contribution in [1.29, 1.82) is 0 Å². The molecular weight excluding hydrogens is 374 g/mol. The number of nitrogens with two attached hydrogens (primary N) is 1. The lowest BCUT2D eigenvalue weighted by Gasteiger charge is -2.09. The molecule has 0 unspecified atom stereocenters. The van der Waals surface area contributed by atoms with Gasteiger partial charge < -0.3 is 13.9 Å². The first-order valence-corrected chi connectivity index (χ1v) is 9.19. The molecule has 140 valence electrons. The van der Waals surface area contributed by atoms with E-state index < -0.39 is 16.0 Å². The van der Waals surface area contributed by atoms with Crippen LogP contribution in [0.5, 0.6) is 5.75 Å². The van der Waals surface area contributed by atoms with Crippen LogP contribution >= 0.6 is 0 Å². The average molecular weight is 389 g/mol. The molecule has 0 saturated heterocycles. The van der Waals surface area contributed by atoms with Crippen molar-refractivity contribution in [1.82, 2.24) is 10.2 Å². The number of sulfonamides is 1. The number of hydrogen-bond acceptors (Lipinski definition) is 8. The van der Waals surface area contributed by atoms with Gasteiger partial charge in [0.25, 0.3) is 5.89 Å². The number of carbonyl (C=O) groups is 1. The van der Waals surface area contributed by atoms with Gasteiger partial charge in [-0.05, 0) is 30.3 Å². The molecular formula is C17H15N3O6S. The van der Waals surface area contributed by atoms with E-state index >= 15 is 0 Å². The van der Waals surface area contributed by atoms with Crippen molar-refractivity contribution in [2.45, 2.75) is 11.5 Å². The lowest BCUT2D eigenvalue weighted by atomic mass is 10.2. The highest BCUT2D eigenvalue weighted by Crippen LogP contribution is 2.23. The summed E-state index contributed by atoms with van der Waals surface area (Å²) in [5.41, 5.74) is 0.636. The third kappa shape index (κ3) is 4.30. The summed E-state index contributed by atoms with van der Waals surface area (Å²) < 4.78 is 38.6. The summed E-state index contributed by atoms with van der Waals surface area (Å²) in [5, 5.41) is 12.8. The van der Waals surface area contributed by atoms with Crippen molar-refractivity contribution < 1.29 is 27.1 Å². The molecule has 9 nitrogen and oxygen atoms in total. The summed E-state index contributed by atoms with van der Waals surface area (Å²) >= 11 is 0. The van der Waals surface area contributed by atoms with Gasteiger partial charge in [-0.15, -0.1) is 10.2 Å². The van der Waals surface area contributed by atoms with E-state index in [9.17, 15) is 13.2 Å². The van der Waals surface area contributed by atoms with E-state index in [-0.39, 0.29) is 34.6 Å². The van der Waals surface area contributed by atoms with Crippen molar-refractivity contribution in [3.05, 3.63) is 60.0 Å². The monoisotopic (exact) mass is 389 g/mol. The lowest BCUT2D eigenvalue weighted by Crippen LogP contribution is -2.14. The van der Waals surface area contributed by atoms with E-state index in [2.05, 4.69) is 10.2 Å². The number of nitrogens with zero attached hydrogens (tertiary/aromatic N) is 2. The molecule has 0 bridgehead atoms. The van der Waals surface area contributed by atoms with Gasteiger partial charge in [-0.25, -0.2) is 18.4 Å². The quantitative estimate of drug-likeness (QED) is 0.630. The summed E-state index contributed by atoms with van der Waals surface area (Å²) in [6.45, 7) is -0.290. The van der Waals surface area contributed by atoms with Crippen molar-refractivity contribution >= 4 is 16.0 Å². The fourth-order valence-corrected chi connectivity index (χ4v) is 2.78. The van der Waals surface area contributed by atoms with Crippen LogP contribution in [0, 0.1) is 0 Å². The van der Waals surface area contributed by atoms with Crippen molar-refractivity contribution in [2.24, 2.45) is 5.14 Å². The van der Waals surface area contributed by atoms with Gasteiger partial charge in [0.05, 0.1) is 12.0 Å². The summed E-state index contributed by atoms with van der Waals surface area (Å²) in [6, 6.07) is 12.7. The lowest BCUT2D eigenvalue weighted by molar-refractivity contribution is 0.0434. The molecule has 0 radical (unpaired) electrons. The van der Waals surface area contributed by atoms with E-state index in [1.54, 1.807) is 12.1 Å². The number of benzene rings is 2. The number of methoxy groups -OCH3 is 1. The normalized spacial score (nSPS) is 11.2. The standard InChI is InChI=1S/C17H15N3O6S/c1-24-14-8-7-12(27(18,22)23)9-13(14)17(21)25-10-15-19-20-16(26-15)11-5-3-2-4-6-11/h2-9H,10H2,1H3,(H2,18,22,23). The second-order valence-corrected chi connectivity index (χ2v) is 6.91. The molecule has 10 heteroatoms. The Labute approximate surface area is 154 Å². The Kier molecular flexibility index (Phi) is 5.19. The van der Waals surface area contributed by atoms with Crippen molar-refractivity contribution in [3.8, 4) is 17.2 Å². The molecule has 0 atom stereocenters. The summed E-state index contributed by atoms with van der Waals surface area (Å²) in [5.74, 6) is -0.307. The van der Waals surface area contributed by atoms with Crippen LogP contribution in [0.4, 0.5) is 0 Å². The number of esters is 1. The maximum Gasteiger partial charge on any atom is 0.342 e.